The number of halogens is 1. The van der Waals surface area contributed by atoms with Gasteiger partial charge in [0.05, 0.1) is 0 Å². The summed E-state index contributed by atoms with van der Waals surface area (Å²) in [6.45, 7) is 5.63. The molecule has 0 saturated carbocycles. The number of carbonyl (C=O) groups is 1. The fourth-order valence-corrected chi connectivity index (χ4v) is 2.10. The zero-order valence-corrected chi connectivity index (χ0v) is 15.2. The number of guanidine groups is 1. The van der Waals surface area contributed by atoms with Gasteiger partial charge >= 0.3 is 0 Å². The summed E-state index contributed by atoms with van der Waals surface area (Å²) in [6, 6.07) is 4.83. The van der Waals surface area contributed by atoms with Gasteiger partial charge < -0.3 is 15.5 Å². The van der Waals surface area contributed by atoms with Crippen LogP contribution in [-0.2, 0) is 11.2 Å². The SMILES string of the molecule is CCCCNC(=NCC(=O)N(C)C)NCCc1ccc(F)cc1C. The number of rotatable bonds is 8. The molecule has 0 aliphatic carbocycles. The van der Waals surface area contributed by atoms with Crippen molar-refractivity contribution >= 4 is 11.9 Å². The van der Waals surface area contributed by atoms with Crippen molar-refractivity contribution in [1.29, 1.82) is 0 Å². The van der Waals surface area contributed by atoms with E-state index in [1.807, 2.05) is 13.0 Å². The third-order valence-electron chi connectivity index (χ3n) is 3.69. The summed E-state index contributed by atoms with van der Waals surface area (Å²) in [5.74, 6) is 0.384. The summed E-state index contributed by atoms with van der Waals surface area (Å²) in [7, 11) is 3.43. The van der Waals surface area contributed by atoms with Crippen LogP contribution in [0.15, 0.2) is 23.2 Å². The molecule has 1 amide bonds. The Morgan fingerprint density at radius 2 is 1.96 bits per heavy atom. The lowest BCUT2D eigenvalue weighted by Gasteiger charge is -2.14. The van der Waals surface area contributed by atoms with Crippen molar-refractivity contribution in [1.82, 2.24) is 15.5 Å². The number of amides is 1. The molecule has 0 fully saturated rings. The van der Waals surface area contributed by atoms with E-state index in [1.165, 1.54) is 11.0 Å². The Bertz CT molecular complexity index is 558. The van der Waals surface area contributed by atoms with E-state index in [4.69, 9.17) is 0 Å². The summed E-state index contributed by atoms with van der Waals surface area (Å²) >= 11 is 0. The molecule has 0 heterocycles. The number of likely N-dealkylation sites (N-methyl/N-ethyl adjacent to an activating group) is 1. The molecule has 2 N–H and O–H groups in total. The smallest absolute Gasteiger partial charge is 0.243 e. The molecular formula is C18H29FN4O. The Balaban J connectivity index is 2.56. The van der Waals surface area contributed by atoms with E-state index in [2.05, 4.69) is 22.5 Å². The van der Waals surface area contributed by atoms with E-state index in [0.29, 0.717) is 12.5 Å². The highest BCUT2D eigenvalue weighted by atomic mass is 19.1. The van der Waals surface area contributed by atoms with Crippen molar-refractivity contribution < 1.29 is 9.18 Å². The first kappa shape index (κ1) is 19.9. The minimum atomic E-state index is -0.213. The minimum Gasteiger partial charge on any atom is -0.356 e. The van der Waals surface area contributed by atoms with Crippen molar-refractivity contribution in [3.05, 3.63) is 35.1 Å². The van der Waals surface area contributed by atoms with Crippen LogP contribution in [0.2, 0.25) is 0 Å². The van der Waals surface area contributed by atoms with Gasteiger partial charge in [0, 0.05) is 27.2 Å². The summed E-state index contributed by atoms with van der Waals surface area (Å²) in [5, 5.41) is 6.47. The fraction of sp³-hybridized carbons (Fsp3) is 0.556. The molecule has 0 spiro atoms. The van der Waals surface area contributed by atoms with Gasteiger partial charge in [-0.1, -0.05) is 19.4 Å². The maximum Gasteiger partial charge on any atom is 0.243 e. The summed E-state index contributed by atoms with van der Waals surface area (Å²) in [4.78, 5) is 17.5. The van der Waals surface area contributed by atoms with Gasteiger partial charge in [-0.05, 0) is 43.0 Å². The Kier molecular flexibility index (Phi) is 8.83. The molecule has 0 atom stereocenters. The van der Waals surface area contributed by atoms with Crippen LogP contribution < -0.4 is 10.6 Å². The predicted molar refractivity (Wildman–Crippen MR) is 96.8 cm³/mol. The number of benzene rings is 1. The van der Waals surface area contributed by atoms with Crippen molar-refractivity contribution in [2.75, 3.05) is 33.7 Å². The second kappa shape index (κ2) is 10.6. The minimum absolute atomic E-state index is 0.0408. The van der Waals surface area contributed by atoms with Gasteiger partial charge in [-0.3, -0.25) is 4.79 Å². The second-order valence-corrected chi connectivity index (χ2v) is 5.98. The van der Waals surface area contributed by atoms with Crippen molar-refractivity contribution in [2.24, 2.45) is 4.99 Å². The van der Waals surface area contributed by atoms with Gasteiger partial charge in [-0.25, -0.2) is 9.38 Å². The first-order valence-corrected chi connectivity index (χ1v) is 8.41. The molecule has 134 valence electrons. The van der Waals surface area contributed by atoms with E-state index in [-0.39, 0.29) is 18.3 Å². The number of hydrogen-bond acceptors (Lipinski definition) is 2. The largest absolute Gasteiger partial charge is 0.356 e. The molecule has 6 heteroatoms. The number of hydrogen-bond donors (Lipinski definition) is 2. The lowest BCUT2D eigenvalue weighted by molar-refractivity contribution is -0.127. The van der Waals surface area contributed by atoms with Gasteiger partial charge in [0.15, 0.2) is 5.96 Å². The Morgan fingerprint density at radius 1 is 1.25 bits per heavy atom. The number of carbonyl (C=O) groups excluding carboxylic acids is 1. The maximum atomic E-state index is 13.1. The Morgan fingerprint density at radius 3 is 2.58 bits per heavy atom. The Hall–Kier alpha value is -2.11. The Labute approximate surface area is 144 Å². The topological polar surface area (TPSA) is 56.7 Å². The predicted octanol–water partition coefficient (Wildman–Crippen LogP) is 2.10. The molecule has 0 aromatic heterocycles. The van der Waals surface area contributed by atoms with Crippen LogP contribution in [-0.4, -0.2) is 50.5 Å². The average molecular weight is 336 g/mol. The molecule has 24 heavy (non-hydrogen) atoms. The molecule has 0 bridgehead atoms. The maximum absolute atomic E-state index is 13.1. The van der Waals surface area contributed by atoms with E-state index >= 15 is 0 Å². The summed E-state index contributed by atoms with van der Waals surface area (Å²) in [6.07, 6.45) is 2.90. The van der Waals surface area contributed by atoms with Gasteiger partial charge in [0.25, 0.3) is 0 Å². The van der Waals surface area contributed by atoms with E-state index in [9.17, 15) is 9.18 Å². The number of unbranched alkanes of at least 4 members (excludes halogenated alkanes) is 1. The number of nitrogens with zero attached hydrogens (tertiary/aromatic N) is 2. The van der Waals surface area contributed by atoms with Crippen LogP contribution in [0.25, 0.3) is 0 Å². The highest BCUT2D eigenvalue weighted by Gasteiger charge is 2.05. The molecule has 0 unspecified atom stereocenters. The van der Waals surface area contributed by atoms with Crippen LogP contribution in [0.4, 0.5) is 4.39 Å². The molecule has 0 aliphatic heterocycles. The van der Waals surface area contributed by atoms with Crippen molar-refractivity contribution in [3.8, 4) is 0 Å². The number of nitrogens with one attached hydrogen (secondary N) is 2. The number of aliphatic imine (C=N–C) groups is 1. The molecule has 1 aromatic carbocycles. The van der Waals surface area contributed by atoms with E-state index in [1.54, 1.807) is 20.2 Å². The standard InChI is InChI=1S/C18H29FN4O/c1-5-6-10-20-18(22-13-17(24)23(3)4)21-11-9-15-7-8-16(19)12-14(15)2/h7-8,12H,5-6,9-11,13H2,1-4H3,(H2,20,21,22). The van der Waals surface area contributed by atoms with Gasteiger partial charge in [0.2, 0.25) is 5.91 Å². The zero-order chi connectivity index (χ0) is 17.9. The zero-order valence-electron chi connectivity index (χ0n) is 15.2. The van der Waals surface area contributed by atoms with Crippen LogP contribution in [0.3, 0.4) is 0 Å². The highest BCUT2D eigenvalue weighted by Crippen LogP contribution is 2.10. The van der Waals surface area contributed by atoms with Crippen molar-refractivity contribution in [3.63, 3.8) is 0 Å². The lowest BCUT2D eigenvalue weighted by Crippen LogP contribution is -2.40. The molecule has 0 aliphatic rings. The van der Waals surface area contributed by atoms with Gasteiger partial charge in [-0.15, -0.1) is 0 Å². The lowest BCUT2D eigenvalue weighted by atomic mass is 10.1. The third kappa shape index (κ3) is 7.44. The van der Waals surface area contributed by atoms with Crippen LogP contribution >= 0.6 is 0 Å². The average Bonchev–Trinajstić information content (AvgIpc) is 2.53. The van der Waals surface area contributed by atoms with Crippen molar-refractivity contribution in [2.45, 2.75) is 33.1 Å². The first-order chi connectivity index (χ1) is 11.4. The fourth-order valence-electron chi connectivity index (χ4n) is 2.10. The first-order valence-electron chi connectivity index (χ1n) is 8.41. The summed E-state index contributed by atoms with van der Waals surface area (Å²) < 4.78 is 13.1. The van der Waals surface area contributed by atoms with Gasteiger partial charge in [0.1, 0.15) is 12.4 Å². The summed E-state index contributed by atoms with van der Waals surface area (Å²) in [5.41, 5.74) is 2.04. The second-order valence-electron chi connectivity index (χ2n) is 5.98. The molecule has 0 radical (unpaired) electrons. The molecule has 1 aromatic rings. The van der Waals surface area contributed by atoms with Crippen LogP contribution in [0.1, 0.15) is 30.9 Å². The van der Waals surface area contributed by atoms with E-state index in [0.717, 1.165) is 36.9 Å². The van der Waals surface area contributed by atoms with E-state index < -0.39 is 0 Å². The molecule has 1 rings (SSSR count). The highest BCUT2D eigenvalue weighted by molar-refractivity contribution is 5.84. The quantitative estimate of drug-likeness (QED) is 0.434. The molecule has 5 nitrogen and oxygen atoms in total. The monoisotopic (exact) mass is 336 g/mol. The molecular weight excluding hydrogens is 307 g/mol. The molecule has 0 saturated heterocycles. The normalized spacial score (nSPS) is 11.3. The number of aryl methyl sites for hydroxylation is 1. The third-order valence-corrected chi connectivity index (χ3v) is 3.69. The van der Waals surface area contributed by atoms with Crippen LogP contribution in [0, 0.1) is 12.7 Å². The van der Waals surface area contributed by atoms with Gasteiger partial charge in [-0.2, -0.15) is 0 Å². The van der Waals surface area contributed by atoms with Crippen LogP contribution in [0.5, 0.6) is 0 Å².